The average Bonchev–Trinajstić information content (AvgIpc) is 2.66. The van der Waals surface area contributed by atoms with E-state index in [0.29, 0.717) is 0 Å². The summed E-state index contributed by atoms with van der Waals surface area (Å²) in [6.45, 7) is -0.565. The molecule has 1 amide bonds. The maximum Gasteiger partial charge on any atom is 0.329 e. The van der Waals surface area contributed by atoms with Crippen molar-refractivity contribution in [2.45, 2.75) is 24.1 Å². The first-order valence-corrected chi connectivity index (χ1v) is 6.64. The molecule has 0 saturated carbocycles. The first kappa shape index (κ1) is 15.3. The van der Waals surface area contributed by atoms with E-state index in [-0.39, 0.29) is 0 Å². The predicted octanol–water partition coefficient (Wildman–Crippen LogP) is -1.10. The fraction of sp³-hybridized carbons (Fsp3) is 0.667. The van der Waals surface area contributed by atoms with Crippen LogP contribution in [0.1, 0.15) is 12.8 Å². The number of carbonyl (C=O) groups excluding carboxylic acids is 2. The maximum atomic E-state index is 12.8. The minimum atomic E-state index is -4.92. The molecule has 0 aliphatic carbocycles. The lowest BCUT2D eigenvalue weighted by atomic mass is 10.2. The van der Waals surface area contributed by atoms with Crippen LogP contribution in [0.3, 0.4) is 0 Å². The van der Waals surface area contributed by atoms with Crippen molar-refractivity contribution in [2.24, 2.45) is 0 Å². The van der Waals surface area contributed by atoms with Gasteiger partial charge in [0.2, 0.25) is 5.91 Å². The normalized spacial score (nSPS) is 21.3. The van der Waals surface area contributed by atoms with Gasteiger partial charge in [0.25, 0.3) is 0 Å². The average molecular weight is 297 g/mol. The third kappa shape index (κ3) is 3.63. The lowest BCUT2D eigenvalue weighted by molar-refractivity contribution is -0.155. The number of esters is 1. The summed E-state index contributed by atoms with van der Waals surface area (Å²) >= 11 is 0. The molecule has 0 radical (unpaired) electrons. The summed E-state index contributed by atoms with van der Waals surface area (Å²) < 4.78 is 38.6. The molecule has 1 aliphatic heterocycles. The SMILES string of the molecule is COC(=O)[C@@H](CC(=O)O)N1CC(S(=O)(=O)F)CC1=O. The molecule has 1 heterocycles. The molecule has 1 unspecified atom stereocenters. The molecule has 1 rings (SSSR count). The maximum absolute atomic E-state index is 12.8. The largest absolute Gasteiger partial charge is 0.481 e. The molecule has 0 aromatic heterocycles. The number of methoxy groups -OCH3 is 1. The van der Waals surface area contributed by atoms with Crippen LogP contribution in [0.4, 0.5) is 3.89 Å². The summed E-state index contributed by atoms with van der Waals surface area (Å²) in [7, 11) is -3.92. The summed E-state index contributed by atoms with van der Waals surface area (Å²) in [5, 5.41) is 7.08. The quantitative estimate of drug-likeness (QED) is 0.505. The van der Waals surface area contributed by atoms with Gasteiger partial charge in [-0.25, -0.2) is 4.79 Å². The molecule has 1 saturated heterocycles. The Morgan fingerprint density at radius 3 is 2.53 bits per heavy atom. The van der Waals surface area contributed by atoms with Gasteiger partial charge in [-0.05, 0) is 0 Å². The van der Waals surface area contributed by atoms with Crippen molar-refractivity contribution in [3.05, 3.63) is 0 Å². The number of likely N-dealkylation sites (tertiary alicyclic amines) is 1. The van der Waals surface area contributed by atoms with Gasteiger partial charge in [0, 0.05) is 13.0 Å². The predicted molar refractivity (Wildman–Crippen MR) is 58.2 cm³/mol. The minimum Gasteiger partial charge on any atom is -0.481 e. The zero-order valence-corrected chi connectivity index (χ0v) is 10.7. The van der Waals surface area contributed by atoms with Gasteiger partial charge in [-0.2, -0.15) is 8.42 Å². The molecule has 1 aliphatic rings. The highest BCUT2D eigenvalue weighted by Gasteiger charge is 2.44. The van der Waals surface area contributed by atoms with E-state index in [1.165, 1.54) is 0 Å². The number of halogens is 1. The van der Waals surface area contributed by atoms with Gasteiger partial charge >= 0.3 is 22.2 Å². The van der Waals surface area contributed by atoms with Crippen molar-refractivity contribution in [1.82, 2.24) is 4.90 Å². The number of amides is 1. The molecule has 1 fully saturated rings. The molecule has 10 heteroatoms. The number of carboxylic acids is 1. The van der Waals surface area contributed by atoms with E-state index in [1.54, 1.807) is 0 Å². The number of carbonyl (C=O) groups is 3. The van der Waals surface area contributed by atoms with Crippen LogP contribution < -0.4 is 0 Å². The van der Waals surface area contributed by atoms with Crippen molar-refractivity contribution in [1.29, 1.82) is 0 Å². The van der Waals surface area contributed by atoms with E-state index < -0.39 is 58.7 Å². The standard InChI is InChI=1S/C9H12FNO7S/c1-18-9(15)6(3-8(13)14)11-4-5(2-7(11)12)19(10,16)17/h5-6H,2-4H2,1H3,(H,13,14)/t5?,6-/m1/s1. The monoisotopic (exact) mass is 297 g/mol. The highest BCUT2D eigenvalue weighted by atomic mass is 32.3. The number of hydrogen-bond donors (Lipinski definition) is 1. The lowest BCUT2D eigenvalue weighted by Gasteiger charge is -2.24. The van der Waals surface area contributed by atoms with Crippen LogP contribution in [0.15, 0.2) is 0 Å². The van der Waals surface area contributed by atoms with Crippen LogP contribution in [0.2, 0.25) is 0 Å². The van der Waals surface area contributed by atoms with Crippen LogP contribution in [-0.2, 0) is 29.3 Å². The molecule has 0 aromatic rings. The zero-order valence-electron chi connectivity index (χ0n) is 9.91. The summed E-state index contributed by atoms with van der Waals surface area (Å²) in [6.07, 6.45) is -1.36. The van der Waals surface area contributed by atoms with Crippen LogP contribution in [0.25, 0.3) is 0 Å². The first-order chi connectivity index (χ1) is 8.66. The first-order valence-electron chi connectivity index (χ1n) is 5.19. The summed E-state index contributed by atoms with van der Waals surface area (Å²) in [6, 6.07) is -1.46. The Morgan fingerprint density at radius 2 is 2.16 bits per heavy atom. The second kappa shape index (κ2) is 5.51. The van der Waals surface area contributed by atoms with Gasteiger partial charge in [0.05, 0.1) is 13.5 Å². The number of aliphatic carboxylic acids is 1. The molecule has 108 valence electrons. The smallest absolute Gasteiger partial charge is 0.329 e. The second-order valence-electron chi connectivity index (χ2n) is 3.98. The van der Waals surface area contributed by atoms with Crippen LogP contribution in [-0.4, -0.2) is 61.2 Å². The topological polar surface area (TPSA) is 118 Å². The van der Waals surface area contributed by atoms with Gasteiger partial charge < -0.3 is 14.7 Å². The number of ether oxygens (including phenoxy) is 1. The third-order valence-electron chi connectivity index (χ3n) is 2.74. The van der Waals surface area contributed by atoms with Crippen LogP contribution >= 0.6 is 0 Å². The summed E-state index contributed by atoms with van der Waals surface area (Å²) in [5.74, 6) is -3.16. The fourth-order valence-corrected chi connectivity index (χ4v) is 2.49. The van der Waals surface area contributed by atoms with Crippen LogP contribution in [0, 0.1) is 0 Å². The molecule has 19 heavy (non-hydrogen) atoms. The van der Waals surface area contributed by atoms with E-state index in [1.807, 2.05) is 0 Å². The molecule has 1 N–H and O–H groups in total. The van der Waals surface area contributed by atoms with E-state index in [9.17, 15) is 26.7 Å². The fourth-order valence-electron chi connectivity index (χ4n) is 1.81. The highest BCUT2D eigenvalue weighted by Crippen LogP contribution is 2.23. The minimum absolute atomic E-state index is 0.565. The zero-order chi connectivity index (χ0) is 14.8. The molecular formula is C9H12FNO7S. The Labute approximate surface area is 108 Å². The van der Waals surface area contributed by atoms with Gasteiger partial charge in [-0.3, -0.25) is 9.59 Å². The van der Waals surface area contributed by atoms with Gasteiger partial charge in [-0.1, -0.05) is 0 Å². The number of carboxylic acid groups (broad SMARTS) is 1. The Balaban J connectivity index is 2.95. The number of rotatable bonds is 5. The van der Waals surface area contributed by atoms with Crippen LogP contribution in [0.5, 0.6) is 0 Å². The van der Waals surface area contributed by atoms with Crippen molar-refractivity contribution >= 4 is 28.1 Å². The molecule has 2 atom stereocenters. The van der Waals surface area contributed by atoms with Crippen molar-refractivity contribution < 1.29 is 36.5 Å². The van der Waals surface area contributed by atoms with E-state index in [2.05, 4.69) is 4.74 Å². The summed E-state index contributed by atoms with van der Waals surface area (Å²) in [4.78, 5) is 34.3. The van der Waals surface area contributed by atoms with Crippen molar-refractivity contribution in [3.63, 3.8) is 0 Å². The van der Waals surface area contributed by atoms with E-state index in [4.69, 9.17) is 5.11 Å². The molecule has 0 aromatic carbocycles. The van der Waals surface area contributed by atoms with E-state index in [0.717, 1.165) is 12.0 Å². The second-order valence-corrected chi connectivity index (χ2v) is 5.60. The highest BCUT2D eigenvalue weighted by molar-refractivity contribution is 7.87. The molecule has 0 bridgehead atoms. The van der Waals surface area contributed by atoms with Gasteiger partial charge in [0.1, 0.15) is 11.3 Å². The number of hydrogen-bond acceptors (Lipinski definition) is 6. The van der Waals surface area contributed by atoms with Gasteiger partial charge in [-0.15, -0.1) is 3.89 Å². The Bertz CT molecular complexity index is 503. The lowest BCUT2D eigenvalue weighted by Crippen LogP contribution is -2.44. The van der Waals surface area contributed by atoms with Crippen molar-refractivity contribution in [3.8, 4) is 0 Å². The van der Waals surface area contributed by atoms with Crippen molar-refractivity contribution in [2.75, 3.05) is 13.7 Å². The Morgan fingerprint density at radius 1 is 1.58 bits per heavy atom. The third-order valence-corrected chi connectivity index (χ3v) is 3.85. The molecule has 0 spiro atoms. The molecule has 8 nitrogen and oxygen atoms in total. The Hall–Kier alpha value is -1.71. The van der Waals surface area contributed by atoms with E-state index >= 15 is 0 Å². The summed E-state index contributed by atoms with van der Waals surface area (Å²) in [5.41, 5.74) is 0. The molecular weight excluding hydrogens is 285 g/mol. The Kier molecular flexibility index (Phi) is 4.45. The number of nitrogens with zero attached hydrogens (tertiary/aromatic N) is 1. The van der Waals surface area contributed by atoms with Gasteiger partial charge in [0.15, 0.2) is 0 Å².